The van der Waals surface area contributed by atoms with Gasteiger partial charge in [0.25, 0.3) is 11.8 Å². The maximum absolute atomic E-state index is 13.5. The summed E-state index contributed by atoms with van der Waals surface area (Å²) in [5.41, 5.74) is 2.17. The number of thioether (sulfide) groups is 1. The number of carboxylic acids is 1. The summed E-state index contributed by atoms with van der Waals surface area (Å²) in [5, 5.41) is 9.44. The van der Waals surface area contributed by atoms with Crippen molar-refractivity contribution in [3.63, 3.8) is 0 Å². The van der Waals surface area contributed by atoms with Crippen molar-refractivity contribution in [1.82, 2.24) is 4.90 Å². The van der Waals surface area contributed by atoms with Crippen molar-refractivity contribution in [2.24, 2.45) is 0 Å². The summed E-state index contributed by atoms with van der Waals surface area (Å²) in [7, 11) is 0. The van der Waals surface area contributed by atoms with Gasteiger partial charge in [0.05, 0.1) is 36.0 Å². The van der Waals surface area contributed by atoms with Crippen LogP contribution in [0.3, 0.4) is 0 Å². The first-order valence-corrected chi connectivity index (χ1v) is 14.5. The molecule has 40 heavy (non-hydrogen) atoms. The third-order valence-corrected chi connectivity index (χ3v) is 10.2. The van der Waals surface area contributed by atoms with E-state index in [2.05, 4.69) is 0 Å². The van der Waals surface area contributed by atoms with Crippen molar-refractivity contribution in [2.75, 3.05) is 5.75 Å². The van der Waals surface area contributed by atoms with Gasteiger partial charge in [-0.2, -0.15) is 0 Å². The second-order valence-electron chi connectivity index (χ2n) is 8.93. The molecule has 10 heteroatoms. The van der Waals surface area contributed by atoms with Crippen molar-refractivity contribution >= 4 is 75.9 Å². The van der Waals surface area contributed by atoms with Gasteiger partial charge in [0.15, 0.2) is 0 Å². The SMILES string of the molecule is O=C(O)[C@@H](CSC(c1ccccc1)(c1ccccc1)c1ccccc1)N1C(=O)c2c(Cl)c(Cl)c(Cl)c(Cl)c2C1=O. The highest BCUT2D eigenvalue weighted by Gasteiger charge is 2.48. The lowest BCUT2D eigenvalue weighted by atomic mass is 9.84. The van der Waals surface area contributed by atoms with Gasteiger partial charge in [0.2, 0.25) is 0 Å². The fourth-order valence-corrected chi connectivity index (χ4v) is 7.50. The molecule has 0 spiro atoms. The Morgan fingerprint density at radius 1 is 0.675 bits per heavy atom. The maximum Gasteiger partial charge on any atom is 0.327 e. The van der Waals surface area contributed by atoms with Crippen molar-refractivity contribution in [1.29, 1.82) is 0 Å². The number of fused-ring (bicyclic) bond motifs is 1. The minimum atomic E-state index is -1.56. The van der Waals surface area contributed by atoms with E-state index in [0.29, 0.717) is 4.90 Å². The average molecular weight is 631 g/mol. The van der Waals surface area contributed by atoms with Crippen molar-refractivity contribution < 1.29 is 19.5 Å². The van der Waals surface area contributed by atoms with Crippen LogP contribution in [0.4, 0.5) is 0 Å². The first-order chi connectivity index (χ1) is 19.2. The van der Waals surface area contributed by atoms with E-state index in [1.807, 2.05) is 91.0 Å². The molecule has 2 amide bonds. The van der Waals surface area contributed by atoms with E-state index in [1.165, 1.54) is 11.8 Å². The molecule has 1 aliphatic heterocycles. The van der Waals surface area contributed by atoms with Crippen LogP contribution in [-0.4, -0.2) is 39.6 Å². The molecule has 5 nitrogen and oxygen atoms in total. The van der Waals surface area contributed by atoms with Crippen LogP contribution in [-0.2, 0) is 9.54 Å². The molecule has 1 heterocycles. The van der Waals surface area contributed by atoms with E-state index in [9.17, 15) is 19.5 Å². The van der Waals surface area contributed by atoms with E-state index >= 15 is 0 Å². The number of hydrogen-bond donors (Lipinski definition) is 1. The molecule has 0 unspecified atom stereocenters. The lowest BCUT2D eigenvalue weighted by Crippen LogP contribution is -2.47. The first kappa shape index (κ1) is 28.5. The number of imide groups is 1. The number of carbonyl (C=O) groups excluding carboxylic acids is 2. The van der Waals surface area contributed by atoms with E-state index < -0.39 is 28.6 Å². The number of hydrogen-bond acceptors (Lipinski definition) is 4. The minimum Gasteiger partial charge on any atom is -0.480 e. The molecule has 1 aliphatic rings. The minimum absolute atomic E-state index is 0.157. The lowest BCUT2D eigenvalue weighted by Gasteiger charge is -2.37. The highest BCUT2D eigenvalue weighted by Crippen LogP contribution is 2.50. The summed E-state index contributed by atoms with van der Waals surface area (Å²) in [5.74, 6) is -3.32. The summed E-state index contributed by atoms with van der Waals surface area (Å²) < 4.78 is -0.877. The van der Waals surface area contributed by atoms with Crippen LogP contribution in [0.15, 0.2) is 91.0 Å². The van der Waals surface area contributed by atoms with Gasteiger partial charge in [0, 0.05) is 5.75 Å². The van der Waals surface area contributed by atoms with Crippen molar-refractivity contribution in [3.05, 3.63) is 139 Å². The Kier molecular flexibility index (Phi) is 8.18. The Balaban J connectivity index is 1.62. The van der Waals surface area contributed by atoms with Crippen LogP contribution in [0.5, 0.6) is 0 Å². The van der Waals surface area contributed by atoms with E-state index in [4.69, 9.17) is 46.4 Å². The summed E-state index contributed by atoms with van der Waals surface area (Å²) in [6.45, 7) is 0. The van der Waals surface area contributed by atoms with Crippen LogP contribution in [0.1, 0.15) is 37.4 Å². The predicted molar refractivity (Wildman–Crippen MR) is 160 cm³/mol. The van der Waals surface area contributed by atoms with Crippen LogP contribution >= 0.6 is 58.2 Å². The molecule has 1 atom stereocenters. The molecule has 202 valence electrons. The lowest BCUT2D eigenvalue weighted by molar-refractivity contribution is -0.140. The molecule has 4 aromatic carbocycles. The van der Waals surface area contributed by atoms with Crippen molar-refractivity contribution in [2.45, 2.75) is 10.8 Å². The highest BCUT2D eigenvalue weighted by molar-refractivity contribution is 8.00. The summed E-state index contributed by atoms with van der Waals surface area (Å²) >= 11 is 26.2. The molecule has 0 radical (unpaired) electrons. The number of carbonyl (C=O) groups is 3. The van der Waals surface area contributed by atoms with Crippen molar-refractivity contribution in [3.8, 4) is 0 Å². The maximum atomic E-state index is 13.5. The zero-order valence-electron chi connectivity index (χ0n) is 20.5. The normalized spacial score (nSPS) is 13.8. The van der Waals surface area contributed by atoms with Crippen LogP contribution in [0, 0.1) is 0 Å². The number of rotatable bonds is 8. The van der Waals surface area contributed by atoms with Gasteiger partial charge in [0.1, 0.15) is 6.04 Å². The summed E-state index contributed by atoms with van der Waals surface area (Å²) in [6, 6.07) is 27.4. The Morgan fingerprint density at radius 2 is 1.02 bits per heavy atom. The number of benzene rings is 4. The fourth-order valence-electron chi connectivity index (χ4n) is 4.88. The molecule has 5 rings (SSSR count). The van der Waals surface area contributed by atoms with Gasteiger partial charge in [-0.3, -0.25) is 14.5 Å². The molecule has 0 fully saturated rings. The van der Waals surface area contributed by atoms with Gasteiger partial charge in [-0.1, -0.05) is 137 Å². The van der Waals surface area contributed by atoms with Gasteiger partial charge in [-0.15, -0.1) is 11.8 Å². The number of nitrogens with zero attached hydrogens (tertiary/aromatic N) is 1. The molecular formula is C30H19Cl4NO4S. The zero-order valence-corrected chi connectivity index (χ0v) is 24.3. The predicted octanol–water partition coefficient (Wildman–Crippen LogP) is 8.07. The average Bonchev–Trinajstić information content (AvgIpc) is 3.24. The number of carboxylic acid groups (broad SMARTS) is 1. The van der Waals surface area contributed by atoms with E-state index in [1.54, 1.807) is 0 Å². The molecular weight excluding hydrogens is 612 g/mol. The summed E-state index contributed by atoms with van der Waals surface area (Å²) in [6.07, 6.45) is 0. The summed E-state index contributed by atoms with van der Waals surface area (Å²) in [4.78, 5) is 40.4. The Bertz CT molecular complexity index is 1470. The highest BCUT2D eigenvalue weighted by atomic mass is 35.5. The first-order valence-electron chi connectivity index (χ1n) is 12.0. The molecule has 0 saturated carbocycles. The molecule has 1 N–H and O–H groups in total. The Morgan fingerprint density at radius 3 is 1.35 bits per heavy atom. The fraction of sp³-hybridized carbons (Fsp3) is 0.100. The largest absolute Gasteiger partial charge is 0.480 e. The third-order valence-electron chi connectivity index (χ3n) is 6.73. The second kappa shape index (κ2) is 11.5. The van der Waals surface area contributed by atoms with Crippen LogP contribution < -0.4 is 0 Å². The number of amides is 2. The Labute approximate surface area is 254 Å². The molecule has 0 bridgehead atoms. The van der Waals surface area contributed by atoms with Gasteiger partial charge in [-0.05, 0) is 16.7 Å². The Hall–Kier alpha value is -3.00. The van der Waals surface area contributed by atoms with E-state index in [0.717, 1.165) is 16.7 Å². The van der Waals surface area contributed by atoms with E-state index in [-0.39, 0.29) is 37.0 Å². The molecule has 0 aromatic heterocycles. The number of aliphatic carboxylic acids is 1. The number of halogens is 4. The van der Waals surface area contributed by atoms with Gasteiger partial charge < -0.3 is 5.11 Å². The second-order valence-corrected chi connectivity index (χ2v) is 11.7. The molecule has 0 saturated heterocycles. The molecule has 4 aromatic rings. The van der Waals surface area contributed by atoms with Gasteiger partial charge in [-0.25, -0.2) is 4.79 Å². The van der Waals surface area contributed by atoms with Crippen LogP contribution in [0.2, 0.25) is 20.1 Å². The zero-order chi connectivity index (χ0) is 28.6. The monoisotopic (exact) mass is 629 g/mol. The topological polar surface area (TPSA) is 74.7 Å². The molecule has 0 aliphatic carbocycles. The standard InChI is InChI=1S/C30H19Cl4NO4S/c31-23-21-22(24(32)26(34)25(23)33)28(37)35(27(21)36)20(29(38)39)16-40-30(17-10-4-1-5-11-17,18-12-6-2-7-13-18)19-14-8-3-9-15-19/h1-15,20H,16H2,(H,38,39)/t20-/m1/s1. The quantitative estimate of drug-likeness (QED) is 0.0922. The third kappa shape index (κ3) is 4.68. The smallest absolute Gasteiger partial charge is 0.327 e. The van der Waals surface area contributed by atoms with Gasteiger partial charge >= 0.3 is 5.97 Å². The van der Waals surface area contributed by atoms with Crippen LogP contribution in [0.25, 0.3) is 0 Å².